The Labute approximate surface area is 170 Å². The molecule has 0 spiro atoms. The van der Waals surface area contributed by atoms with E-state index in [1.54, 1.807) is 13.0 Å². The maximum absolute atomic E-state index is 12.7. The summed E-state index contributed by atoms with van der Waals surface area (Å²) in [4.78, 5) is 37.0. The van der Waals surface area contributed by atoms with Crippen LogP contribution in [0.5, 0.6) is 5.75 Å². The molecule has 0 aliphatic heterocycles. The number of amides is 1. The second kappa shape index (κ2) is 8.08. The molecule has 3 rings (SSSR count). The zero-order chi connectivity index (χ0) is 21.3. The van der Waals surface area contributed by atoms with Crippen LogP contribution in [0.25, 0.3) is 11.0 Å². The highest BCUT2D eigenvalue weighted by atomic mass is 32.1. The Kier molecular flexibility index (Phi) is 5.74. The number of rotatable bonds is 5. The Morgan fingerprint density at radius 3 is 2.59 bits per heavy atom. The van der Waals surface area contributed by atoms with Crippen LogP contribution < -0.4 is 10.9 Å². The monoisotopic (exact) mass is 415 g/mol. The van der Waals surface area contributed by atoms with Gasteiger partial charge in [-0.05, 0) is 37.5 Å². The SMILES string of the molecule is CCc1cc2c(COC(=O)c3c(NC(C)=O)sc(C)c3C)cc(=O)oc2cc1O. The maximum Gasteiger partial charge on any atom is 0.341 e. The van der Waals surface area contributed by atoms with Crippen LogP contribution in [0.2, 0.25) is 0 Å². The molecule has 29 heavy (non-hydrogen) atoms. The summed E-state index contributed by atoms with van der Waals surface area (Å²) in [5.74, 6) is -0.827. The fourth-order valence-electron chi connectivity index (χ4n) is 3.05. The molecule has 1 aromatic carbocycles. The first-order chi connectivity index (χ1) is 13.7. The Morgan fingerprint density at radius 2 is 1.93 bits per heavy atom. The van der Waals surface area contributed by atoms with E-state index in [4.69, 9.17) is 9.15 Å². The lowest BCUT2D eigenvalue weighted by molar-refractivity contribution is -0.114. The number of aromatic hydroxyl groups is 1. The average Bonchev–Trinajstić information content (AvgIpc) is 2.91. The Hall–Kier alpha value is -3.13. The average molecular weight is 415 g/mol. The molecule has 1 amide bonds. The van der Waals surface area contributed by atoms with E-state index in [0.29, 0.717) is 33.5 Å². The Bertz CT molecular complexity index is 1170. The number of ether oxygens (including phenoxy) is 1. The van der Waals surface area contributed by atoms with Crippen molar-refractivity contribution in [3.05, 3.63) is 55.8 Å². The highest BCUT2D eigenvalue weighted by Gasteiger charge is 2.22. The van der Waals surface area contributed by atoms with Crippen LogP contribution >= 0.6 is 11.3 Å². The van der Waals surface area contributed by atoms with Crippen LogP contribution in [0.1, 0.15) is 45.8 Å². The number of carbonyl (C=O) groups is 2. The first kappa shape index (κ1) is 20.6. The number of phenols is 1. The van der Waals surface area contributed by atoms with Gasteiger partial charge >= 0.3 is 11.6 Å². The lowest BCUT2D eigenvalue weighted by Gasteiger charge is -2.10. The number of benzene rings is 1. The zero-order valence-corrected chi connectivity index (χ0v) is 17.4. The predicted octanol–water partition coefficient (Wildman–Crippen LogP) is 4.05. The molecule has 3 aromatic rings. The minimum atomic E-state index is -0.603. The molecule has 7 nitrogen and oxygen atoms in total. The third-order valence-electron chi connectivity index (χ3n) is 4.65. The topological polar surface area (TPSA) is 106 Å². The van der Waals surface area contributed by atoms with Crippen LogP contribution in [0.3, 0.4) is 0 Å². The summed E-state index contributed by atoms with van der Waals surface area (Å²) in [6.45, 7) is 6.76. The third kappa shape index (κ3) is 4.17. The minimum absolute atomic E-state index is 0.0432. The van der Waals surface area contributed by atoms with E-state index in [2.05, 4.69) is 5.32 Å². The molecule has 0 fully saturated rings. The van der Waals surface area contributed by atoms with Gasteiger partial charge < -0.3 is 19.6 Å². The van der Waals surface area contributed by atoms with Gasteiger partial charge in [-0.1, -0.05) is 6.92 Å². The molecule has 8 heteroatoms. The fourth-order valence-corrected chi connectivity index (χ4v) is 4.14. The fraction of sp³-hybridized carbons (Fsp3) is 0.286. The summed E-state index contributed by atoms with van der Waals surface area (Å²) in [7, 11) is 0. The summed E-state index contributed by atoms with van der Waals surface area (Å²) in [6, 6.07) is 4.38. The molecule has 2 aromatic heterocycles. The summed E-state index contributed by atoms with van der Waals surface area (Å²) in [5.41, 5.74) is 1.83. The van der Waals surface area contributed by atoms with Crippen molar-refractivity contribution in [3.63, 3.8) is 0 Å². The maximum atomic E-state index is 12.7. The smallest absolute Gasteiger partial charge is 0.341 e. The van der Waals surface area contributed by atoms with E-state index in [1.165, 1.54) is 30.4 Å². The number of hydrogen-bond acceptors (Lipinski definition) is 7. The number of thiophene rings is 1. The third-order valence-corrected chi connectivity index (χ3v) is 5.77. The van der Waals surface area contributed by atoms with Gasteiger partial charge in [0, 0.05) is 34.9 Å². The Balaban J connectivity index is 1.94. The number of fused-ring (bicyclic) bond motifs is 1. The first-order valence-electron chi connectivity index (χ1n) is 9.04. The normalized spacial score (nSPS) is 10.9. The van der Waals surface area contributed by atoms with Gasteiger partial charge in [0.05, 0.1) is 5.56 Å². The van der Waals surface area contributed by atoms with Crippen molar-refractivity contribution < 1.29 is 23.8 Å². The Morgan fingerprint density at radius 1 is 1.21 bits per heavy atom. The van der Waals surface area contributed by atoms with E-state index in [-0.39, 0.29) is 23.8 Å². The van der Waals surface area contributed by atoms with E-state index < -0.39 is 11.6 Å². The summed E-state index contributed by atoms with van der Waals surface area (Å²) >= 11 is 1.31. The second-order valence-corrected chi connectivity index (χ2v) is 7.89. The highest BCUT2D eigenvalue weighted by Crippen LogP contribution is 2.33. The van der Waals surface area contributed by atoms with Crippen LogP contribution in [-0.4, -0.2) is 17.0 Å². The molecule has 2 N–H and O–H groups in total. The molecule has 0 saturated heterocycles. The molecule has 0 bridgehead atoms. The van der Waals surface area contributed by atoms with Crippen molar-refractivity contribution in [2.24, 2.45) is 0 Å². The quantitative estimate of drug-likeness (QED) is 0.481. The molecule has 0 unspecified atom stereocenters. The lowest BCUT2D eigenvalue weighted by Crippen LogP contribution is -2.12. The summed E-state index contributed by atoms with van der Waals surface area (Å²) < 4.78 is 10.6. The summed E-state index contributed by atoms with van der Waals surface area (Å²) in [5, 5.41) is 13.7. The molecule has 0 radical (unpaired) electrons. The van der Waals surface area contributed by atoms with Crippen LogP contribution in [0.4, 0.5) is 5.00 Å². The van der Waals surface area contributed by atoms with Gasteiger partial charge in [-0.15, -0.1) is 11.3 Å². The highest BCUT2D eigenvalue weighted by molar-refractivity contribution is 7.16. The molecule has 2 heterocycles. The molecule has 0 aliphatic carbocycles. The van der Waals surface area contributed by atoms with Crippen LogP contribution in [0, 0.1) is 13.8 Å². The number of esters is 1. The standard InChI is InChI=1S/C21H21NO6S/c1-5-13-6-15-14(7-18(25)28-17(15)8-16(13)24)9-27-21(26)19-10(2)11(3)29-20(19)22-12(4)23/h6-8,24H,5,9H2,1-4H3,(H,22,23). The van der Waals surface area contributed by atoms with E-state index in [9.17, 15) is 19.5 Å². The van der Waals surface area contributed by atoms with E-state index in [1.807, 2.05) is 13.8 Å². The summed E-state index contributed by atoms with van der Waals surface area (Å²) in [6.07, 6.45) is 0.591. The number of anilines is 1. The largest absolute Gasteiger partial charge is 0.508 e. The number of carbonyl (C=O) groups excluding carboxylic acids is 2. The van der Waals surface area contributed by atoms with Crippen LogP contribution in [0.15, 0.2) is 27.4 Å². The van der Waals surface area contributed by atoms with Gasteiger partial charge in [0.1, 0.15) is 22.9 Å². The van der Waals surface area contributed by atoms with Crippen molar-refractivity contribution in [3.8, 4) is 5.75 Å². The second-order valence-electron chi connectivity index (χ2n) is 6.67. The van der Waals surface area contributed by atoms with Gasteiger partial charge in [0.2, 0.25) is 5.91 Å². The van der Waals surface area contributed by atoms with Crippen LogP contribution in [-0.2, 0) is 22.6 Å². The molecular weight excluding hydrogens is 394 g/mol. The van der Waals surface area contributed by atoms with Crippen molar-refractivity contribution >= 4 is 39.2 Å². The first-order valence-corrected chi connectivity index (χ1v) is 9.86. The van der Waals surface area contributed by atoms with Gasteiger partial charge in [-0.25, -0.2) is 9.59 Å². The van der Waals surface area contributed by atoms with Crippen molar-refractivity contribution in [2.75, 3.05) is 5.32 Å². The molecular formula is C21H21NO6S. The number of aryl methyl sites for hydroxylation is 2. The van der Waals surface area contributed by atoms with Crippen molar-refractivity contribution in [2.45, 2.75) is 40.7 Å². The molecule has 0 atom stereocenters. The predicted molar refractivity (Wildman–Crippen MR) is 111 cm³/mol. The lowest BCUT2D eigenvalue weighted by atomic mass is 10.0. The van der Waals surface area contributed by atoms with E-state index >= 15 is 0 Å². The number of hydrogen-bond donors (Lipinski definition) is 2. The number of phenolic OH excluding ortho intramolecular Hbond substituents is 1. The van der Waals surface area contributed by atoms with Gasteiger partial charge in [0.15, 0.2) is 0 Å². The molecule has 0 saturated carbocycles. The number of nitrogens with one attached hydrogen (secondary N) is 1. The molecule has 0 aliphatic rings. The minimum Gasteiger partial charge on any atom is -0.508 e. The van der Waals surface area contributed by atoms with Crippen molar-refractivity contribution in [1.29, 1.82) is 0 Å². The van der Waals surface area contributed by atoms with Gasteiger partial charge in [0.25, 0.3) is 0 Å². The van der Waals surface area contributed by atoms with Gasteiger partial charge in [-0.2, -0.15) is 0 Å². The molecule has 152 valence electrons. The zero-order valence-electron chi connectivity index (χ0n) is 16.5. The van der Waals surface area contributed by atoms with E-state index in [0.717, 1.165) is 10.4 Å². The van der Waals surface area contributed by atoms with Gasteiger partial charge in [-0.3, -0.25) is 4.79 Å². The van der Waals surface area contributed by atoms with Crippen molar-refractivity contribution in [1.82, 2.24) is 0 Å².